The Morgan fingerprint density at radius 2 is 1.94 bits per heavy atom. The Balaban J connectivity index is 1.79. The van der Waals surface area contributed by atoms with Gasteiger partial charge in [-0.3, -0.25) is 0 Å². The molecule has 1 aliphatic heterocycles. The second-order valence-corrected chi connectivity index (χ2v) is 5.74. The van der Waals surface area contributed by atoms with Crippen LogP contribution in [0.4, 0.5) is 5.69 Å². The number of halogens is 1. The molecule has 2 unspecified atom stereocenters. The molecule has 2 N–H and O–H groups in total. The minimum absolute atomic E-state index is 0.518. The first-order chi connectivity index (χ1) is 8.28. The van der Waals surface area contributed by atoms with Crippen molar-refractivity contribution in [3.8, 4) is 0 Å². The second kappa shape index (κ2) is 4.51. The van der Waals surface area contributed by atoms with Gasteiger partial charge in [-0.15, -0.1) is 0 Å². The molecular formula is C14H19ClN2. The van der Waals surface area contributed by atoms with Crippen LogP contribution >= 0.6 is 11.6 Å². The van der Waals surface area contributed by atoms with E-state index in [1.54, 1.807) is 0 Å². The second-order valence-electron chi connectivity index (χ2n) is 5.34. The molecule has 0 aromatic heterocycles. The average Bonchev–Trinajstić information content (AvgIpc) is 2.88. The molecule has 2 aliphatic rings. The van der Waals surface area contributed by atoms with Crippen molar-refractivity contribution in [3.05, 3.63) is 28.8 Å². The van der Waals surface area contributed by atoms with Crippen LogP contribution in [0.15, 0.2) is 18.2 Å². The summed E-state index contributed by atoms with van der Waals surface area (Å²) in [5.41, 5.74) is 7.93. The molecular weight excluding hydrogens is 232 g/mol. The number of hydrogen-bond donors (Lipinski definition) is 1. The number of nitrogens with zero attached hydrogens (tertiary/aromatic N) is 1. The molecule has 1 aromatic rings. The summed E-state index contributed by atoms with van der Waals surface area (Å²) in [6.07, 6.45) is 4.25. The monoisotopic (exact) mass is 250 g/mol. The van der Waals surface area contributed by atoms with E-state index in [2.05, 4.69) is 23.1 Å². The Morgan fingerprint density at radius 1 is 1.24 bits per heavy atom. The largest absolute Gasteiger partial charge is 0.371 e. The summed E-state index contributed by atoms with van der Waals surface area (Å²) in [6, 6.07) is 6.30. The Bertz CT molecular complexity index is 407. The molecule has 1 saturated carbocycles. The lowest BCUT2D eigenvalue weighted by Gasteiger charge is -2.20. The van der Waals surface area contributed by atoms with Gasteiger partial charge in [-0.05, 0) is 42.4 Å². The van der Waals surface area contributed by atoms with Crippen LogP contribution in [0.5, 0.6) is 0 Å². The Kier molecular flexibility index (Phi) is 3.01. The van der Waals surface area contributed by atoms with E-state index in [0.29, 0.717) is 6.54 Å². The average molecular weight is 251 g/mol. The summed E-state index contributed by atoms with van der Waals surface area (Å²) in [7, 11) is 0. The molecule has 2 nitrogen and oxygen atoms in total. The molecule has 1 saturated heterocycles. The highest BCUT2D eigenvalue weighted by atomic mass is 35.5. The van der Waals surface area contributed by atoms with Crippen LogP contribution in [0.1, 0.15) is 24.8 Å². The van der Waals surface area contributed by atoms with Crippen LogP contribution in [0.25, 0.3) is 0 Å². The minimum atomic E-state index is 0.518. The zero-order chi connectivity index (χ0) is 11.8. The topological polar surface area (TPSA) is 29.3 Å². The lowest BCUT2D eigenvalue weighted by molar-refractivity contribution is 0.494. The third kappa shape index (κ3) is 2.04. The maximum atomic E-state index is 6.22. The van der Waals surface area contributed by atoms with Gasteiger partial charge in [0.05, 0.1) is 0 Å². The summed E-state index contributed by atoms with van der Waals surface area (Å²) in [5.74, 6) is 1.84. The molecule has 17 heavy (non-hydrogen) atoms. The van der Waals surface area contributed by atoms with Crippen molar-refractivity contribution in [1.29, 1.82) is 0 Å². The summed E-state index contributed by atoms with van der Waals surface area (Å²) in [6.45, 7) is 2.94. The van der Waals surface area contributed by atoms with Gasteiger partial charge in [0.2, 0.25) is 0 Å². The van der Waals surface area contributed by atoms with Crippen molar-refractivity contribution >= 4 is 17.3 Å². The predicted octanol–water partition coefficient (Wildman–Crippen LogP) is 3.04. The van der Waals surface area contributed by atoms with Gasteiger partial charge in [-0.2, -0.15) is 0 Å². The first-order valence-electron chi connectivity index (χ1n) is 6.51. The summed E-state index contributed by atoms with van der Waals surface area (Å²) in [5, 5.41) is 0.807. The number of benzene rings is 1. The van der Waals surface area contributed by atoms with E-state index >= 15 is 0 Å². The maximum Gasteiger partial charge on any atom is 0.0471 e. The number of hydrogen-bond acceptors (Lipinski definition) is 2. The molecule has 0 amide bonds. The Morgan fingerprint density at radius 3 is 2.53 bits per heavy atom. The molecule has 1 heterocycles. The van der Waals surface area contributed by atoms with Gasteiger partial charge in [0.25, 0.3) is 0 Å². The van der Waals surface area contributed by atoms with Crippen LogP contribution in [-0.4, -0.2) is 13.1 Å². The highest BCUT2D eigenvalue weighted by Gasteiger charge is 2.36. The van der Waals surface area contributed by atoms with Gasteiger partial charge in [0, 0.05) is 30.3 Å². The van der Waals surface area contributed by atoms with Crippen molar-refractivity contribution in [3.63, 3.8) is 0 Å². The van der Waals surface area contributed by atoms with Crippen molar-refractivity contribution in [2.45, 2.75) is 25.8 Å². The number of fused-ring (bicyclic) bond motifs is 1. The summed E-state index contributed by atoms with van der Waals surface area (Å²) < 4.78 is 0. The van der Waals surface area contributed by atoms with E-state index in [-0.39, 0.29) is 0 Å². The molecule has 1 aromatic carbocycles. The van der Waals surface area contributed by atoms with E-state index < -0.39 is 0 Å². The molecule has 92 valence electrons. The highest BCUT2D eigenvalue weighted by Crippen LogP contribution is 2.40. The Hall–Kier alpha value is -0.730. The highest BCUT2D eigenvalue weighted by molar-refractivity contribution is 6.31. The number of rotatable bonds is 2. The Labute approximate surface area is 108 Å². The van der Waals surface area contributed by atoms with E-state index in [1.807, 2.05) is 0 Å². The standard InChI is InChI=1S/C14H19ClN2/c15-14-6-13(5-4-10(14)7-16)17-8-11-2-1-3-12(11)9-17/h4-6,11-12H,1-3,7-9,16H2. The lowest BCUT2D eigenvalue weighted by Crippen LogP contribution is -2.20. The third-order valence-corrected chi connectivity index (χ3v) is 4.70. The summed E-state index contributed by atoms with van der Waals surface area (Å²) >= 11 is 6.22. The zero-order valence-electron chi connectivity index (χ0n) is 10.0. The van der Waals surface area contributed by atoms with Crippen molar-refractivity contribution < 1.29 is 0 Å². The van der Waals surface area contributed by atoms with Gasteiger partial charge >= 0.3 is 0 Å². The zero-order valence-corrected chi connectivity index (χ0v) is 10.8. The molecule has 0 radical (unpaired) electrons. The maximum absolute atomic E-state index is 6.22. The predicted molar refractivity (Wildman–Crippen MR) is 72.4 cm³/mol. The van der Waals surface area contributed by atoms with Crippen LogP contribution in [-0.2, 0) is 6.54 Å². The molecule has 3 rings (SSSR count). The quantitative estimate of drug-likeness (QED) is 0.874. The van der Waals surface area contributed by atoms with Crippen LogP contribution < -0.4 is 10.6 Å². The normalized spacial score (nSPS) is 27.5. The van der Waals surface area contributed by atoms with Crippen LogP contribution in [0.3, 0.4) is 0 Å². The van der Waals surface area contributed by atoms with Gasteiger partial charge < -0.3 is 10.6 Å². The smallest absolute Gasteiger partial charge is 0.0471 e. The fraction of sp³-hybridized carbons (Fsp3) is 0.571. The fourth-order valence-corrected chi connectivity index (χ4v) is 3.60. The van der Waals surface area contributed by atoms with E-state index in [0.717, 1.165) is 22.4 Å². The number of anilines is 1. The lowest BCUT2D eigenvalue weighted by atomic mass is 10.0. The molecule has 2 fully saturated rings. The van der Waals surface area contributed by atoms with Gasteiger partial charge in [0.1, 0.15) is 0 Å². The van der Waals surface area contributed by atoms with Crippen molar-refractivity contribution in [2.24, 2.45) is 17.6 Å². The SMILES string of the molecule is NCc1ccc(N2CC3CCCC3C2)cc1Cl. The number of nitrogens with two attached hydrogens (primary N) is 1. The van der Waals surface area contributed by atoms with Crippen molar-refractivity contribution in [1.82, 2.24) is 0 Å². The molecule has 2 atom stereocenters. The first kappa shape index (κ1) is 11.4. The summed E-state index contributed by atoms with van der Waals surface area (Å²) in [4.78, 5) is 2.49. The van der Waals surface area contributed by atoms with Gasteiger partial charge in [-0.25, -0.2) is 0 Å². The first-order valence-corrected chi connectivity index (χ1v) is 6.89. The molecule has 3 heteroatoms. The third-order valence-electron chi connectivity index (χ3n) is 4.35. The van der Waals surface area contributed by atoms with Gasteiger partial charge in [-0.1, -0.05) is 24.1 Å². The van der Waals surface area contributed by atoms with E-state index in [1.165, 1.54) is 38.0 Å². The molecule has 1 aliphatic carbocycles. The van der Waals surface area contributed by atoms with Crippen LogP contribution in [0.2, 0.25) is 5.02 Å². The van der Waals surface area contributed by atoms with Crippen molar-refractivity contribution in [2.75, 3.05) is 18.0 Å². The van der Waals surface area contributed by atoms with Gasteiger partial charge in [0.15, 0.2) is 0 Å². The van der Waals surface area contributed by atoms with E-state index in [9.17, 15) is 0 Å². The molecule has 0 spiro atoms. The van der Waals surface area contributed by atoms with E-state index in [4.69, 9.17) is 17.3 Å². The van der Waals surface area contributed by atoms with Crippen LogP contribution in [0, 0.1) is 11.8 Å². The fourth-order valence-electron chi connectivity index (χ4n) is 3.34. The minimum Gasteiger partial charge on any atom is -0.371 e. The molecule has 0 bridgehead atoms.